The van der Waals surface area contributed by atoms with Crippen LogP contribution in [0.15, 0.2) is 75.4 Å². The van der Waals surface area contributed by atoms with Crippen molar-refractivity contribution in [3.63, 3.8) is 0 Å². The van der Waals surface area contributed by atoms with E-state index in [1.54, 1.807) is 23.1 Å². The summed E-state index contributed by atoms with van der Waals surface area (Å²) in [4.78, 5) is 26.4. The highest BCUT2D eigenvalue weighted by molar-refractivity contribution is 7.99. The summed E-state index contributed by atoms with van der Waals surface area (Å²) in [5, 5.41) is 22.0. The first-order chi connectivity index (χ1) is 19.0. The largest absolute Gasteiger partial charge is 0.365 e. The van der Waals surface area contributed by atoms with Gasteiger partial charge in [-0.3, -0.25) is 24.0 Å². The Morgan fingerprint density at radius 3 is 2.38 bits per heavy atom. The molecule has 2 aliphatic rings. The molecule has 1 fully saturated rings. The first kappa shape index (κ1) is 28.2. The number of rotatable bonds is 9. The van der Waals surface area contributed by atoms with Gasteiger partial charge >= 0.3 is 0 Å². The monoisotopic (exact) mass is 584 g/mol. The molecule has 1 saturated carbocycles. The molecule has 210 valence electrons. The lowest BCUT2D eigenvalue weighted by Crippen LogP contribution is -2.45. The van der Waals surface area contributed by atoms with Gasteiger partial charge in [-0.15, -0.1) is 0 Å². The van der Waals surface area contributed by atoms with Crippen molar-refractivity contribution < 1.29 is 32.2 Å². The van der Waals surface area contributed by atoms with Crippen molar-refractivity contribution in [2.75, 3.05) is 18.1 Å². The molecule has 3 aromatic carbocycles. The number of fused-ring (bicyclic) bond motifs is 2. The molecule has 0 unspecified atom stereocenters. The summed E-state index contributed by atoms with van der Waals surface area (Å²) in [6.07, 6.45) is 1.01. The fourth-order valence-corrected chi connectivity index (χ4v) is 6.93. The number of hydrogen-bond acceptors (Lipinski definition) is 9. The lowest BCUT2D eigenvalue weighted by atomic mass is 9.74. The Balaban J connectivity index is 1.17. The summed E-state index contributed by atoms with van der Waals surface area (Å²) in [7, 11) is -3.85. The molecule has 0 bridgehead atoms. The number of non-ortho nitro benzene ring substituents is 1. The van der Waals surface area contributed by atoms with E-state index < -0.39 is 20.8 Å². The van der Waals surface area contributed by atoms with Crippen molar-refractivity contribution >= 4 is 44.8 Å². The Bertz CT molecular complexity index is 1570. The molecule has 1 N–H and O–H groups in total. The number of nitro groups is 1. The highest BCUT2D eigenvalue weighted by Crippen LogP contribution is 2.52. The molecule has 0 saturated heterocycles. The Labute approximate surface area is 236 Å². The number of carbonyl (C=O) groups excluding carboxylic acids is 1. The number of ether oxygens (including phenoxy) is 1. The number of nitro benzene ring substituents is 1. The van der Waals surface area contributed by atoms with E-state index in [9.17, 15) is 28.4 Å². The summed E-state index contributed by atoms with van der Waals surface area (Å²) >= 11 is 1.37. The quantitative estimate of drug-likeness (QED) is 0.115. The van der Waals surface area contributed by atoms with Crippen molar-refractivity contribution in [1.29, 1.82) is 0 Å². The molecular weight excluding hydrogens is 556 g/mol. The standard InChI is InChI=1S/C28H28N2O8S2/c1-18-4-8-23(9-5-18)40(35,36)38-13-3-12-37-28(32)16-21(17-28)20-6-10-24-26(14-20)39-27-15-22(30(33)34)7-11-25(27)29(24)19(2)31/h4-11,14-15,21,32H,3,12-13,16-17H2,1-2H3. The third kappa shape index (κ3) is 5.77. The molecule has 1 heterocycles. The Kier molecular flexibility index (Phi) is 7.73. The minimum Gasteiger partial charge on any atom is -0.365 e. The van der Waals surface area contributed by atoms with Gasteiger partial charge in [-0.2, -0.15) is 8.42 Å². The van der Waals surface area contributed by atoms with Crippen molar-refractivity contribution in [1.82, 2.24) is 0 Å². The molecule has 1 aliphatic heterocycles. The van der Waals surface area contributed by atoms with E-state index in [1.807, 2.05) is 25.1 Å². The molecule has 0 aromatic heterocycles. The van der Waals surface area contributed by atoms with Crippen LogP contribution < -0.4 is 4.90 Å². The molecule has 0 spiro atoms. The number of hydrogen-bond donors (Lipinski definition) is 1. The van der Waals surface area contributed by atoms with E-state index in [1.165, 1.54) is 43.0 Å². The Morgan fingerprint density at radius 2 is 1.73 bits per heavy atom. The zero-order valence-corrected chi connectivity index (χ0v) is 23.5. The molecule has 5 rings (SSSR count). The fourth-order valence-electron chi connectivity index (χ4n) is 4.85. The number of aliphatic hydroxyl groups is 1. The van der Waals surface area contributed by atoms with E-state index in [0.29, 0.717) is 35.5 Å². The first-order valence-corrected chi connectivity index (χ1v) is 14.9. The molecular formula is C28H28N2O8S2. The second-order valence-corrected chi connectivity index (χ2v) is 12.6. The average molecular weight is 585 g/mol. The van der Waals surface area contributed by atoms with Crippen molar-refractivity contribution in [2.45, 2.75) is 59.5 Å². The van der Waals surface area contributed by atoms with Crippen LogP contribution in [0.1, 0.15) is 43.2 Å². The van der Waals surface area contributed by atoms with Crippen LogP contribution in [-0.4, -0.2) is 43.4 Å². The topological polar surface area (TPSA) is 136 Å². The molecule has 0 radical (unpaired) electrons. The van der Waals surface area contributed by atoms with Crippen LogP contribution in [0, 0.1) is 17.0 Å². The number of amides is 1. The van der Waals surface area contributed by atoms with Crippen LogP contribution >= 0.6 is 11.8 Å². The molecule has 10 nitrogen and oxygen atoms in total. The number of anilines is 2. The van der Waals surface area contributed by atoms with E-state index >= 15 is 0 Å². The molecule has 1 amide bonds. The predicted octanol–water partition coefficient (Wildman–Crippen LogP) is 5.43. The second-order valence-electron chi connectivity index (χ2n) is 9.94. The van der Waals surface area contributed by atoms with Crippen molar-refractivity contribution in [3.05, 3.63) is 81.9 Å². The highest BCUT2D eigenvalue weighted by Gasteiger charge is 2.44. The zero-order chi connectivity index (χ0) is 28.7. The number of carbonyl (C=O) groups is 1. The minimum atomic E-state index is -3.85. The number of nitrogens with zero attached hydrogens (tertiary/aromatic N) is 2. The van der Waals surface area contributed by atoms with Gasteiger partial charge in [-0.25, -0.2) is 0 Å². The van der Waals surface area contributed by atoms with Crippen LogP contribution in [0.4, 0.5) is 17.1 Å². The van der Waals surface area contributed by atoms with Crippen LogP contribution in [0.5, 0.6) is 0 Å². The van der Waals surface area contributed by atoms with Gasteiger partial charge in [0.05, 0.1) is 34.4 Å². The second kappa shape index (κ2) is 10.9. The average Bonchev–Trinajstić information content (AvgIpc) is 2.89. The van der Waals surface area contributed by atoms with Crippen molar-refractivity contribution in [2.24, 2.45) is 0 Å². The lowest BCUT2D eigenvalue weighted by molar-refractivity contribution is -0.385. The smallest absolute Gasteiger partial charge is 0.296 e. The van der Waals surface area contributed by atoms with Gasteiger partial charge in [0.1, 0.15) is 0 Å². The van der Waals surface area contributed by atoms with E-state index in [0.717, 1.165) is 16.0 Å². The van der Waals surface area contributed by atoms with Gasteiger partial charge in [-0.1, -0.05) is 35.5 Å². The van der Waals surface area contributed by atoms with Crippen LogP contribution in [0.3, 0.4) is 0 Å². The summed E-state index contributed by atoms with van der Waals surface area (Å²) in [5.41, 5.74) is 3.17. The highest BCUT2D eigenvalue weighted by atomic mass is 32.2. The first-order valence-electron chi connectivity index (χ1n) is 12.7. The van der Waals surface area contributed by atoms with Gasteiger partial charge in [0, 0.05) is 41.7 Å². The molecule has 40 heavy (non-hydrogen) atoms. The SMILES string of the molecule is CC(=O)N1c2ccc(C3CC(O)(OCCCOS(=O)(=O)c4ccc(C)cc4)C3)cc2Sc2cc([N+](=O)[O-])ccc21. The predicted molar refractivity (Wildman–Crippen MR) is 148 cm³/mol. The molecule has 3 aromatic rings. The summed E-state index contributed by atoms with van der Waals surface area (Å²) in [5.74, 6) is -1.50. The lowest BCUT2D eigenvalue weighted by Gasteiger charge is -2.43. The molecule has 12 heteroatoms. The van der Waals surface area contributed by atoms with Gasteiger partial charge in [-0.05, 0) is 55.2 Å². The van der Waals surface area contributed by atoms with Crippen LogP contribution in [0.2, 0.25) is 0 Å². The maximum atomic E-state index is 12.5. The minimum absolute atomic E-state index is 0.0198. The Hall–Kier alpha value is -3.29. The summed E-state index contributed by atoms with van der Waals surface area (Å²) < 4.78 is 35.3. The molecule has 0 atom stereocenters. The number of benzene rings is 3. The maximum Gasteiger partial charge on any atom is 0.296 e. The number of aryl methyl sites for hydroxylation is 1. The van der Waals surface area contributed by atoms with Gasteiger partial charge < -0.3 is 9.84 Å². The zero-order valence-electron chi connectivity index (χ0n) is 21.9. The van der Waals surface area contributed by atoms with Gasteiger partial charge in [0.15, 0.2) is 5.79 Å². The third-order valence-corrected chi connectivity index (χ3v) is 9.38. The fraction of sp³-hybridized carbons (Fsp3) is 0.321. The Morgan fingerprint density at radius 1 is 1.07 bits per heavy atom. The third-order valence-electron chi connectivity index (χ3n) is 6.96. The molecule has 1 aliphatic carbocycles. The van der Waals surface area contributed by atoms with E-state index in [2.05, 4.69) is 0 Å². The van der Waals surface area contributed by atoms with E-state index in [4.69, 9.17) is 8.92 Å². The van der Waals surface area contributed by atoms with Crippen LogP contribution in [-0.2, 0) is 23.8 Å². The summed E-state index contributed by atoms with van der Waals surface area (Å²) in [6.45, 7) is 3.39. The summed E-state index contributed by atoms with van der Waals surface area (Å²) in [6, 6.07) is 16.6. The maximum absolute atomic E-state index is 12.5. The van der Waals surface area contributed by atoms with Gasteiger partial charge in [0.25, 0.3) is 15.8 Å². The normalized spacial score (nSPS) is 19.9. The van der Waals surface area contributed by atoms with Crippen molar-refractivity contribution in [3.8, 4) is 0 Å². The van der Waals surface area contributed by atoms with Gasteiger partial charge in [0.2, 0.25) is 5.91 Å². The van der Waals surface area contributed by atoms with E-state index in [-0.39, 0.29) is 35.6 Å². The van der Waals surface area contributed by atoms with Crippen LogP contribution in [0.25, 0.3) is 0 Å².